The molecule has 0 saturated heterocycles. The van der Waals surface area contributed by atoms with E-state index in [0.29, 0.717) is 16.8 Å². The van der Waals surface area contributed by atoms with Crippen LogP contribution in [0.2, 0.25) is 0 Å². The summed E-state index contributed by atoms with van der Waals surface area (Å²) in [5.41, 5.74) is 4.45. The Bertz CT molecular complexity index is 1290. The molecule has 180 valence electrons. The number of hydrogen-bond donors (Lipinski definition) is 2. The normalized spacial score (nSPS) is 12.3. The fourth-order valence-corrected chi connectivity index (χ4v) is 5.10. The van der Waals surface area contributed by atoms with E-state index in [-0.39, 0.29) is 22.8 Å². The molecule has 0 aliphatic rings. The largest absolute Gasteiger partial charge is 0.496 e. The first-order chi connectivity index (χ1) is 16.0. The van der Waals surface area contributed by atoms with Crippen LogP contribution in [0.4, 0.5) is 5.69 Å². The van der Waals surface area contributed by atoms with E-state index in [1.165, 1.54) is 12.1 Å². The van der Waals surface area contributed by atoms with Crippen LogP contribution in [0.1, 0.15) is 65.3 Å². The van der Waals surface area contributed by atoms with Gasteiger partial charge in [0, 0.05) is 5.56 Å². The van der Waals surface area contributed by atoms with Gasteiger partial charge in [0.1, 0.15) is 5.75 Å². The summed E-state index contributed by atoms with van der Waals surface area (Å²) >= 11 is 0. The summed E-state index contributed by atoms with van der Waals surface area (Å²) in [4.78, 5) is 13.3. The maximum Gasteiger partial charge on any atom is 0.261 e. The van der Waals surface area contributed by atoms with Crippen LogP contribution in [0.25, 0.3) is 0 Å². The molecule has 0 aliphatic carbocycles. The predicted octanol–water partition coefficient (Wildman–Crippen LogP) is 5.73. The number of ether oxygens (including phenoxy) is 1. The van der Waals surface area contributed by atoms with Crippen LogP contribution in [0.15, 0.2) is 65.6 Å². The standard InChI is InChI=1S/C27H32N2O4S/c1-17(2)23-16-24(18(3)15-26(23)33-6)20(5)28-27(30)22-13-10-14-25(19(22)4)29-34(31,32)21-11-8-7-9-12-21/h7-17,20,29H,1-6H3,(H,28,30). The second-order valence-corrected chi connectivity index (χ2v) is 10.4. The maximum absolute atomic E-state index is 13.2. The quantitative estimate of drug-likeness (QED) is 0.431. The van der Waals surface area contributed by atoms with Gasteiger partial charge < -0.3 is 10.1 Å². The molecule has 0 fully saturated rings. The first kappa shape index (κ1) is 25.3. The third kappa shape index (κ3) is 5.42. The van der Waals surface area contributed by atoms with E-state index in [1.54, 1.807) is 50.4 Å². The highest BCUT2D eigenvalue weighted by molar-refractivity contribution is 7.92. The molecule has 1 amide bonds. The smallest absolute Gasteiger partial charge is 0.261 e. The van der Waals surface area contributed by atoms with Crippen molar-refractivity contribution in [3.63, 3.8) is 0 Å². The average molecular weight is 481 g/mol. The van der Waals surface area contributed by atoms with E-state index in [2.05, 4.69) is 30.0 Å². The first-order valence-corrected chi connectivity index (χ1v) is 12.7. The highest BCUT2D eigenvalue weighted by atomic mass is 32.2. The molecule has 0 spiro atoms. The Hall–Kier alpha value is -3.32. The number of anilines is 1. The molecule has 0 aromatic heterocycles. The monoisotopic (exact) mass is 480 g/mol. The molecule has 3 aromatic rings. The molecule has 0 saturated carbocycles. The first-order valence-electron chi connectivity index (χ1n) is 11.2. The van der Waals surface area contributed by atoms with Gasteiger partial charge in [-0.25, -0.2) is 8.42 Å². The second-order valence-electron chi connectivity index (χ2n) is 8.70. The van der Waals surface area contributed by atoms with Crippen LogP contribution in [0.5, 0.6) is 5.75 Å². The van der Waals surface area contributed by atoms with Crippen LogP contribution in [0.3, 0.4) is 0 Å². The third-order valence-corrected chi connectivity index (χ3v) is 7.31. The predicted molar refractivity (Wildman–Crippen MR) is 136 cm³/mol. The zero-order valence-corrected chi connectivity index (χ0v) is 21.3. The van der Waals surface area contributed by atoms with E-state index in [1.807, 2.05) is 19.9 Å². The molecular weight excluding hydrogens is 448 g/mol. The van der Waals surface area contributed by atoms with Gasteiger partial charge in [0.25, 0.3) is 15.9 Å². The van der Waals surface area contributed by atoms with Crippen LogP contribution in [-0.4, -0.2) is 21.4 Å². The van der Waals surface area contributed by atoms with Crippen LogP contribution in [-0.2, 0) is 10.0 Å². The number of sulfonamides is 1. The van der Waals surface area contributed by atoms with Crippen molar-refractivity contribution in [2.24, 2.45) is 0 Å². The van der Waals surface area contributed by atoms with Crippen molar-refractivity contribution >= 4 is 21.6 Å². The van der Waals surface area contributed by atoms with Crippen molar-refractivity contribution in [1.29, 1.82) is 0 Å². The summed E-state index contributed by atoms with van der Waals surface area (Å²) in [6, 6.07) is 17.0. The molecule has 6 nitrogen and oxygen atoms in total. The number of amides is 1. The van der Waals surface area contributed by atoms with Crippen LogP contribution < -0.4 is 14.8 Å². The number of nitrogens with one attached hydrogen (secondary N) is 2. The zero-order valence-electron chi connectivity index (χ0n) is 20.5. The second kappa shape index (κ2) is 10.3. The topological polar surface area (TPSA) is 84.5 Å². The molecule has 0 radical (unpaired) electrons. The van der Waals surface area contributed by atoms with Crippen molar-refractivity contribution in [2.45, 2.75) is 51.5 Å². The average Bonchev–Trinajstić information content (AvgIpc) is 2.80. The van der Waals surface area contributed by atoms with Crippen LogP contribution >= 0.6 is 0 Å². The van der Waals surface area contributed by atoms with Crippen LogP contribution in [0, 0.1) is 13.8 Å². The number of benzene rings is 3. The van der Waals surface area contributed by atoms with Gasteiger partial charge in [0.15, 0.2) is 0 Å². The van der Waals surface area contributed by atoms with Crippen molar-refractivity contribution in [1.82, 2.24) is 5.32 Å². The number of rotatable bonds is 8. The summed E-state index contributed by atoms with van der Waals surface area (Å²) in [5.74, 6) is 0.838. The van der Waals surface area contributed by atoms with Gasteiger partial charge >= 0.3 is 0 Å². The van der Waals surface area contributed by atoms with E-state index in [4.69, 9.17) is 4.74 Å². The number of carbonyl (C=O) groups excluding carboxylic acids is 1. The molecule has 0 bridgehead atoms. The van der Waals surface area contributed by atoms with Gasteiger partial charge in [-0.3, -0.25) is 9.52 Å². The minimum atomic E-state index is -3.76. The Balaban J connectivity index is 1.86. The Morgan fingerprint density at radius 1 is 0.912 bits per heavy atom. The van der Waals surface area contributed by atoms with Gasteiger partial charge in [-0.1, -0.05) is 38.1 Å². The van der Waals surface area contributed by atoms with Gasteiger partial charge in [0.2, 0.25) is 0 Å². The van der Waals surface area contributed by atoms with Crippen molar-refractivity contribution in [2.75, 3.05) is 11.8 Å². The maximum atomic E-state index is 13.2. The van der Waals surface area contributed by atoms with Crippen molar-refractivity contribution in [3.8, 4) is 5.75 Å². The molecule has 34 heavy (non-hydrogen) atoms. The highest BCUT2D eigenvalue weighted by Crippen LogP contribution is 2.32. The van der Waals surface area contributed by atoms with E-state index >= 15 is 0 Å². The van der Waals surface area contributed by atoms with Gasteiger partial charge in [0.05, 0.1) is 23.7 Å². The Morgan fingerprint density at radius 2 is 1.59 bits per heavy atom. The van der Waals surface area contributed by atoms with Crippen molar-refractivity contribution < 1.29 is 17.9 Å². The Labute approximate surface area is 202 Å². The van der Waals surface area contributed by atoms with Gasteiger partial charge in [-0.05, 0) is 85.3 Å². The minimum absolute atomic E-state index is 0.161. The van der Waals surface area contributed by atoms with E-state index in [0.717, 1.165) is 22.4 Å². The molecule has 0 heterocycles. The lowest BCUT2D eigenvalue weighted by Gasteiger charge is -2.22. The molecule has 1 unspecified atom stereocenters. The number of aryl methyl sites for hydroxylation is 1. The lowest BCUT2D eigenvalue weighted by molar-refractivity contribution is 0.0939. The summed E-state index contributed by atoms with van der Waals surface area (Å²) in [7, 11) is -2.10. The minimum Gasteiger partial charge on any atom is -0.496 e. The third-order valence-electron chi connectivity index (χ3n) is 5.93. The van der Waals surface area contributed by atoms with E-state index < -0.39 is 10.0 Å². The summed E-state index contributed by atoms with van der Waals surface area (Å²) in [6.07, 6.45) is 0. The van der Waals surface area contributed by atoms with Crippen molar-refractivity contribution in [3.05, 3.63) is 88.5 Å². The fraction of sp³-hybridized carbons (Fsp3) is 0.296. The van der Waals surface area contributed by atoms with Gasteiger partial charge in [-0.15, -0.1) is 0 Å². The molecule has 0 aliphatic heterocycles. The SMILES string of the molecule is COc1cc(C)c(C(C)NC(=O)c2cccc(NS(=O)(=O)c3ccccc3)c2C)cc1C(C)C. The van der Waals surface area contributed by atoms with E-state index in [9.17, 15) is 13.2 Å². The number of methoxy groups -OCH3 is 1. The lowest BCUT2D eigenvalue weighted by atomic mass is 9.93. The molecule has 1 atom stereocenters. The van der Waals surface area contributed by atoms with Gasteiger partial charge in [-0.2, -0.15) is 0 Å². The summed E-state index contributed by atoms with van der Waals surface area (Å²) < 4.78 is 33.6. The number of carbonyl (C=O) groups is 1. The Morgan fingerprint density at radius 3 is 2.21 bits per heavy atom. The fourth-order valence-electron chi connectivity index (χ4n) is 3.96. The lowest BCUT2D eigenvalue weighted by Crippen LogP contribution is -2.28. The molecule has 2 N–H and O–H groups in total. The molecule has 3 aromatic carbocycles. The molecule has 3 rings (SSSR count). The summed E-state index contributed by atoms with van der Waals surface area (Å²) in [5, 5.41) is 3.06. The molecule has 7 heteroatoms. The molecular formula is C27H32N2O4S. The summed E-state index contributed by atoms with van der Waals surface area (Å²) in [6.45, 7) is 9.87. The number of hydrogen-bond acceptors (Lipinski definition) is 4. The Kier molecular flexibility index (Phi) is 7.67. The zero-order chi connectivity index (χ0) is 25.0. The highest BCUT2D eigenvalue weighted by Gasteiger charge is 2.21.